The Balaban J connectivity index is 0.00000289. The number of aryl methyl sites for hydroxylation is 3. The van der Waals surface area contributed by atoms with Crippen molar-refractivity contribution in [3.8, 4) is 5.88 Å². The zero-order valence-electron chi connectivity index (χ0n) is 18.4. The number of pyridine rings is 2. The normalized spacial score (nSPS) is 15.1. The summed E-state index contributed by atoms with van der Waals surface area (Å²) in [4.78, 5) is 23.5. The fourth-order valence-corrected chi connectivity index (χ4v) is 4.01. The third-order valence-corrected chi connectivity index (χ3v) is 5.69. The van der Waals surface area contributed by atoms with Crippen LogP contribution in [0.4, 0.5) is 11.4 Å². The van der Waals surface area contributed by atoms with E-state index in [1.54, 1.807) is 7.11 Å². The molecule has 8 heteroatoms. The predicted octanol–water partition coefficient (Wildman–Crippen LogP) is 3.63. The standard InChI is InChI=1S/C23H28N6O2.CH4/c1-5-19-23(30)27-22-15(2)25-17(11-20(22)28(19)3)10-9-16-12-24-29(13-16)14-18-7-6-8-21(26-18)31-4;/h6-8,11-13,19H,5,9-10,14H2,1-4H3,(H,27,30);1H4/t19-;/m0./s1. The molecule has 32 heavy (non-hydrogen) atoms. The van der Waals surface area contributed by atoms with Crippen LogP contribution in [0.3, 0.4) is 0 Å². The highest BCUT2D eigenvalue weighted by atomic mass is 16.5. The molecule has 1 N–H and O–H groups in total. The molecule has 0 fully saturated rings. The van der Waals surface area contributed by atoms with E-state index in [2.05, 4.69) is 26.4 Å². The number of methoxy groups -OCH3 is 1. The first kappa shape index (κ1) is 23.2. The van der Waals surface area contributed by atoms with Crippen LogP contribution in [-0.2, 0) is 24.2 Å². The fourth-order valence-electron chi connectivity index (χ4n) is 4.01. The highest BCUT2D eigenvalue weighted by molar-refractivity contribution is 6.04. The average molecular weight is 437 g/mol. The Hall–Kier alpha value is -3.42. The Bertz CT molecular complexity index is 1090. The molecule has 0 unspecified atom stereocenters. The molecular weight excluding hydrogens is 404 g/mol. The summed E-state index contributed by atoms with van der Waals surface area (Å²) >= 11 is 0. The number of rotatable bonds is 7. The molecule has 3 aromatic rings. The summed E-state index contributed by atoms with van der Waals surface area (Å²) < 4.78 is 7.07. The summed E-state index contributed by atoms with van der Waals surface area (Å²) in [6, 6.07) is 7.66. The lowest BCUT2D eigenvalue weighted by molar-refractivity contribution is -0.117. The van der Waals surface area contributed by atoms with Crippen LogP contribution in [0.1, 0.15) is 43.4 Å². The van der Waals surface area contributed by atoms with E-state index in [9.17, 15) is 4.79 Å². The lowest BCUT2D eigenvalue weighted by atomic mass is 10.0. The van der Waals surface area contributed by atoms with Crippen molar-refractivity contribution in [3.05, 3.63) is 59.3 Å². The summed E-state index contributed by atoms with van der Waals surface area (Å²) in [6.07, 6.45) is 6.34. The first-order valence-corrected chi connectivity index (χ1v) is 10.5. The highest BCUT2D eigenvalue weighted by Crippen LogP contribution is 2.34. The molecule has 1 aliphatic rings. The van der Waals surface area contributed by atoms with Crippen molar-refractivity contribution in [1.82, 2.24) is 19.7 Å². The molecule has 170 valence electrons. The van der Waals surface area contributed by atoms with Gasteiger partial charge in [-0.2, -0.15) is 5.10 Å². The Morgan fingerprint density at radius 2 is 2.00 bits per heavy atom. The van der Waals surface area contributed by atoms with Crippen LogP contribution in [0, 0.1) is 6.92 Å². The molecule has 1 aliphatic heterocycles. The van der Waals surface area contributed by atoms with Gasteiger partial charge < -0.3 is 15.0 Å². The number of likely N-dealkylation sites (N-methyl/N-ethyl adjacent to an activating group) is 1. The zero-order valence-corrected chi connectivity index (χ0v) is 18.4. The van der Waals surface area contributed by atoms with Gasteiger partial charge in [0.15, 0.2) is 0 Å². The van der Waals surface area contributed by atoms with Crippen molar-refractivity contribution in [2.75, 3.05) is 24.4 Å². The van der Waals surface area contributed by atoms with E-state index < -0.39 is 0 Å². The lowest BCUT2D eigenvalue weighted by Crippen LogP contribution is -2.46. The highest BCUT2D eigenvalue weighted by Gasteiger charge is 2.30. The summed E-state index contributed by atoms with van der Waals surface area (Å²) in [7, 11) is 3.59. The van der Waals surface area contributed by atoms with E-state index in [-0.39, 0.29) is 19.4 Å². The van der Waals surface area contributed by atoms with Crippen LogP contribution in [0.25, 0.3) is 0 Å². The molecule has 0 bridgehead atoms. The first-order chi connectivity index (χ1) is 15.0. The van der Waals surface area contributed by atoms with Crippen molar-refractivity contribution in [2.45, 2.75) is 53.1 Å². The lowest BCUT2D eigenvalue weighted by Gasteiger charge is -2.35. The van der Waals surface area contributed by atoms with Gasteiger partial charge in [-0.1, -0.05) is 20.4 Å². The summed E-state index contributed by atoms with van der Waals surface area (Å²) in [6.45, 7) is 4.57. The van der Waals surface area contributed by atoms with Crippen molar-refractivity contribution >= 4 is 17.3 Å². The second kappa shape index (κ2) is 9.80. The SMILES string of the molecule is C.CC[C@H]1C(=O)Nc2c(cc(CCc3cnn(Cc4cccc(OC)n4)c3)nc2C)N1C. The molecule has 1 amide bonds. The largest absolute Gasteiger partial charge is 0.481 e. The maximum absolute atomic E-state index is 12.3. The van der Waals surface area contributed by atoms with Gasteiger partial charge in [0.1, 0.15) is 6.04 Å². The fraction of sp³-hybridized carbons (Fsp3) is 0.417. The van der Waals surface area contributed by atoms with Gasteiger partial charge >= 0.3 is 0 Å². The van der Waals surface area contributed by atoms with Crippen molar-refractivity contribution in [1.29, 1.82) is 0 Å². The van der Waals surface area contributed by atoms with Crippen LogP contribution in [-0.4, -0.2) is 45.9 Å². The number of anilines is 2. The topological polar surface area (TPSA) is 85.2 Å². The predicted molar refractivity (Wildman–Crippen MR) is 126 cm³/mol. The summed E-state index contributed by atoms with van der Waals surface area (Å²) in [5.41, 5.74) is 5.76. The Morgan fingerprint density at radius 3 is 2.75 bits per heavy atom. The molecule has 1 atom stereocenters. The van der Waals surface area contributed by atoms with E-state index >= 15 is 0 Å². The second-order valence-corrected chi connectivity index (χ2v) is 7.83. The maximum atomic E-state index is 12.3. The minimum Gasteiger partial charge on any atom is -0.481 e. The molecule has 0 radical (unpaired) electrons. The van der Waals surface area contributed by atoms with Gasteiger partial charge in [0.05, 0.1) is 42.6 Å². The van der Waals surface area contributed by atoms with Gasteiger partial charge in [-0.05, 0) is 43.9 Å². The van der Waals surface area contributed by atoms with Gasteiger partial charge in [0.25, 0.3) is 0 Å². The molecule has 4 heterocycles. The Labute approximate surface area is 189 Å². The number of carbonyl (C=O) groups excluding carboxylic acids is 1. The number of fused-ring (bicyclic) bond motifs is 1. The molecule has 3 aromatic heterocycles. The third kappa shape index (κ3) is 4.74. The van der Waals surface area contributed by atoms with E-state index in [0.29, 0.717) is 12.4 Å². The average Bonchev–Trinajstić information content (AvgIpc) is 3.21. The Morgan fingerprint density at radius 1 is 1.19 bits per heavy atom. The molecule has 4 rings (SSSR count). The van der Waals surface area contributed by atoms with Gasteiger partial charge in [0, 0.05) is 25.0 Å². The molecule has 0 saturated heterocycles. The minimum atomic E-state index is -0.148. The van der Waals surface area contributed by atoms with Gasteiger partial charge in [-0.15, -0.1) is 0 Å². The number of aromatic nitrogens is 4. The van der Waals surface area contributed by atoms with E-state index in [1.165, 1.54) is 0 Å². The zero-order chi connectivity index (χ0) is 22.0. The van der Waals surface area contributed by atoms with Crippen molar-refractivity contribution < 1.29 is 9.53 Å². The minimum absolute atomic E-state index is 0. The maximum Gasteiger partial charge on any atom is 0.247 e. The van der Waals surface area contributed by atoms with Crippen LogP contribution >= 0.6 is 0 Å². The number of hydrogen-bond acceptors (Lipinski definition) is 6. The number of nitrogens with one attached hydrogen (secondary N) is 1. The summed E-state index contributed by atoms with van der Waals surface area (Å²) in [5, 5.41) is 7.49. The number of amides is 1. The number of carbonyl (C=O) groups is 1. The van der Waals surface area contributed by atoms with Gasteiger partial charge in [-0.3, -0.25) is 14.5 Å². The number of ether oxygens (including phenoxy) is 1. The van der Waals surface area contributed by atoms with Crippen LogP contribution in [0.15, 0.2) is 36.7 Å². The van der Waals surface area contributed by atoms with Crippen molar-refractivity contribution in [2.24, 2.45) is 0 Å². The van der Waals surface area contributed by atoms with E-state index in [4.69, 9.17) is 9.72 Å². The number of hydrogen-bond donors (Lipinski definition) is 1. The first-order valence-electron chi connectivity index (χ1n) is 10.5. The molecule has 0 saturated carbocycles. The summed E-state index contributed by atoms with van der Waals surface area (Å²) in [5.74, 6) is 0.637. The smallest absolute Gasteiger partial charge is 0.247 e. The monoisotopic (exact) mass is 436 g/mol. The van der Waals surface area contributed by atoms with E-state index in [0.717, 1.165) is 53.3 Å². The van der Waals surface area contributed by atoms with Crippen molar-refractivity contribution in [3.63, 3.8) is 0 Å². The van der Waals surface area contributed by atoms with Crippen LogP contribution < -0.4 is 15.0 Å². The molecule has 0 aromatic carbocycles. The Kier molecular flexibility index (Phi) is 7.12. The van der Waals surface area contributed by atoms with Gasteiger partial charge in [-0.25, -0.2) is 4.98 Å². The number of nitrogens with zero attached hydrogens (tertiary/aromatic N) is 5. The molecule has 0 aliphatic carbocycles. The second-order valence-electron chi connectivity index (χ2n) is 7.83. The van der Waals surface area contributed by atoms with E-state index in [1.807, 2.05) is 56.2 Å². The molecule has 8 nitrogen and oxygen atoms in total. The quantitative estimate of drug-likeness (QED) is 0.609. The van der Waals surface area contributed by atoms with Crippen LogP contribution in [0.2, 0.25) is 0 Å². The van der Waals surface area contributed by atoms with Crippen LogP contribution in [0.5, 0.6) is 5.88 Å². The molecular formula is C24H32N6O2. The third-order valence-electron chi connectivity index (χ3n) is 5.69. The van der Waals surface area contributed by atoms with Gasteiger partial charge in [0.2, 0.25) is 11.8 Å². The molecule has 0 spiro atoms.